The standard InChI is InChI=1S/C23H29ClN2O6S/c1-29-20-5-6-22(33(25,27)28)18(23(20)30-2)11-15-7-9-26(10-8-15)13-17-14-31-19-4-3-16(24)12-21(19)32-17/h3-6,12,15,17H,7-11,13-14H2,1-2H3,(H2,25,27,28). The Labute approximate surface area is 199 Å². The van der Waals surface area contributed by atoms with E-state index < -0.39 is 10.0 Å². The topological polar surface area (TPSA) is 100 Å². The summed E-state index contributed by atoms with van der Waals surface area (Å²) in [6.45, 7) is 3.00. The summed E-state index contributed by atoms with van der Waals surface area (Å²) < 4.78 is 47.1. The first kappa shape index (κ1) is 23.9. The van der Waals surface area contributed by atoms with Crippen molar-refractivity contribution in [2.75, 3.05) is 40.5 Å². The second kappa shape index (κ2) is 9.97. The lowest BCUT2D eigenvalue weighted by Gasteiger charge is -2.36. The maximum Gasteiger partial charge on any atom is 0.238 e. The van der Waals surface area contributed by atoms with Gasteiger partial charge in [0.2, 0.25) is 10.0 Å². The number of benzene rings is 2. The van der Waals surface area contributed by atoms with Gasteiger partial charge in [0.05, 0.1) is 19.1 Å². The molecule has 0 radical (unpaired) electrons. The van der Waals surface area contributed by atoms with Crippen LogP contribution in [0.25, 0.3) is 0 Å². The lowest BCUT2D eigenvalue weighted by molar-refractivity contribution is 0.0477. The molecule has 0 bridgehead atoms. The SMILES string of the molecule is COc1ccc(S(N)(=O)=O)c(CC2CCN(CC3COc4ccc(Cl)cc4O3)CC2)c1OC. The van der Waals surface area contributed by atoms with Crippen molar-refractivity contribution >= 4 is 21.6 Å². The molecule has 2 aromatic carbocycles. The van der Waals surface area contributed by atoms with Crippen LogP contribution in [0.5, 0.6) is 23.0 Å². The minimum absolute atomic E-state index is 0.0695. The maximum atomic E-state index is 12.2. The van der Waals surface area contributed by atoms with Crippen molar-refractivity contribution in [3.8, 4) is 23.0 Å². The molecule has 2 heterocycles. The molecule has 180 valence electrons. The predicted octanol–water partition coefficient (Wildman–Crippen LogP) is 3.10. The van der Waals surface area contributed by atoms with E-state index in [9.17, 15) is 8.42 Å². The zero-order valence-corrected chi connectivity index (χ0v) is 20.3. The van der Waals surface area contributed by atoms with Gasteiger partial charge in [0.25, 0.3) is 0 Å². The predicted molar refractivity (Wildman–Crippen MR) is 125 cm³/mol. The highest BCUT2D eigenvalue weighted by atomic mass is 35.5. The number of piperidine rings is 1. The summed E-state index contributed by atoms with van der Waals surface area (Å²) in [4.78, 5) is 2.44. The molecule has 2 aliphatic heterocycles. The van der Waals surface area contributed by atoms with Gasteiger partial charge in [-0.25, -0.2) is 13.6 Å². The molecule has 2 aromatic rings. The minimum atomic E-state index is -3.89. The van der Waals surface area contributed by atoms with Crippen molar-refractivity contribution in [2.45, 2.75) is 30.3 Å². The number of methoxy groups -OCH3 is 2. The second-order valence-corrected chi connectivity index (χ2v) is 10.4. The van der Waals surface area contributed by atoms with E-state index in [1.54, 1.807) is 18.2 Å². The van der Waals surface area contributed by atoms with E-state index in [0.717, 1.165) is 32.5 Å². The molecule has 1 unspecified atom stereocenters. The highest BCUT2D eigenvalue weighted by molar-refractivity contribution is 7.89. The Hall–Kier alpha value is -2.20. The van der Waals surface area contributed by atoms with Gasteiger partial charge in [-0.15, -0.1) is 0 Å². The normalized spacial score (nSPS) is 19.3. The smallest absolute Gasteiger partial charge is 0.238 e. The van der Waals surface area contributed by atoms with E-state index in [1.165, 1.54) is 20.3 Å². The van der Waals surface area contributed by atoms with Crippen LogP contribution in [0.3, 0.4) is 0 Å². The molecule has 10 heteroatoms. The lowest BCUT2D eigenvalue weighted by atomic mass is 9.89. The van der Waals surface area contributed by atoms with Gasteiger partial charge < -0.3 is 18.9 Å². The fourth-order valence-electron chi connectivity index (χ4n) is 4.56. The minimum Gasteiger partial charge on any atom is -0.493 e. The molecule has 0 saturated carbocycles. The van der Waals surface area contributed by atoms with E-state index in [4.69, 9.17) is 35.7 Å². The Kier molecular flexibility index (Phi) is 7.23. The first-order valence-corrected chi connectivity index (χ1v) is 12.8. The highest BCUT2D eigenvalue weighted by Crippen LogP contribution is 2.38. The number of fused-ring (bicyclic) bond motifs is 1. The van der Waals surface area contributed by atoms with Crippen molar-refractivity contribution in [3.63, 3.8) is 0 Å². The van der Waals surface area contributed by atoms with Crippen molar-refractivity contribution in [2.24, 2.45) is 11.1 Å². The van der Waals surface area contributed by atoms with Crippen LogP contribution in [0.1, 0.15) is 18.4 Å². The lowest BCUT2D eigenvalue weighted by Crippen LogP contribution is -2.44. The summed E-state index contributed by atoms with van der Waals surface area (Å²) in [5.41, 5.74) is 0.579. The number of hydrogen-bond acceptors (Lipinski definition) is 7. The average Bonchev–Trinajstić information content (AvgIpc) is 2.79. The third-order valence-electron chi connectivity index (χ3n) is 6.20. The van der Waals surface area contributed by atoms with Crippen molar-refractivity contribution in [3.05, 3.63) is 40.9 Å². The number of nitrogens with two attached hydrogens (primary N) is 1. The summed E-state index contributed by atoms with van der Waals surface area (Å²) in [5, 5.41) is 6.10. The van der Waals surface area contributed by atoms with Crippen LogP contribution in [0, 0.1) is 5.92 Å². The molecule has 1 atom stereocenters. The number of hydrogen-bond donors (Lipinski definition) is 1. The first-order chi connectivity index (χ1) is 15.8. The van der Waals surface area contributed by atoms with Gasteiger partial charge in [0.15, 0.2) is 23.0 Å². The molecular weight excluding hydrogens is 468 g/mol. The Morgan fingerprint density at radius 1 is 1.12 bits per heavy atom. The quantitative estimate of drug-likeness (QED) is 0.628. The van der Waals surface area contributed by atoms with E-state index in [-0.39, 0.29) is 11.0 Å². The zero-order chi connectivity index (χ0) is 23.6. The number of nitrogens with zero attached hydrogens (tertiary/aromatic N) is 1. The molecular formula is C23H29ClN2O6S. The van der Waals surface area contributed by atoms with Gasteiger partial charge in [-0.3, -0.25) is 4.90 Å². The van der Waals surface area contributed by atoms with Gasteiger partial charge in [-0.05, 0) is 62.5 Å². The van der Waals surface area contributed by atoms with Crippen LogP contribution in [0.2, 0.25) is 5.02 Å². The fraction of sp³-hybridized carbons (Fsp3) is 0.478. The van der Waals surface area contributed by atoms with Crippen LogP contribution < -0.4 is 24.1 Å². The Morgan fingerprint density at radius 3 is 2.55 bits per heavy atom. The van der Waals surface area contributed by atoms with Gasteiger partial charge in [-0.2, -0.15) is 0 Å². The molecule has 1 fully saturated rings. The number of sulfonamides is 1. The van der Waals surface area contributed by atoms with E-state index in [0.29, 0.717) is 52.5 Å². The van der Waals surface area contributed by atoms with Crippen LogP contribution in [-0.2, 0) is 16.4 Å². The molecule has 0 spiro atoms. The number of primary sulfonamides is 1. The average molecular weight is 497 g/mol. The molecule has 2 aliphatic rings. The van der Waals surface area contributed by atoms with Crippen molar-refractivity contribution < 1.29 is 27.4 Å². The Balaban J connectivity index is 1.39. The third-order valence-corrected chi connectivity index (χ3v) is 7.43. The van der Waals surface area contributed by atoms with Gasteiger partial charge in [0, 0.05) is 23.2 Å². The van der Waals surface area contributed by atoms with Crippen LogP contribution >= 0.6 is 11.6 Å². The summed E-state index contributed by atoms with van der Waals surface area (Å²) in [7, 11) is -0.849. The number of halogens is 1. The summed E-state index contributed by atoms with van der Waals surface area (Å²) >= 11 is 6.07. The van der Waals surface area contributed by atoms with Crippen LogP contribution in [0.4, 0.5) is 0 Å². The second-order valence-electron chi connectivity index (χ2n) is 8.41. The van der Waals surface area contributed by atoms with Crippen LogP contribution in [-0.4, -0.2) is 59.9 Å². The Morgan fingerprint density at radius 2 is 1.88 bits per heavy atom. The van der Waals surface area contributed by atoms with E-state index in [1.807, 2.05) is 6.07 Å². The third kappa shape index (κ3) is 5.48. The van der Waals surface area contributed by atoms with Crippen LogP contribution in [0.15, 0.2) is 35.2 Å². The molecule has 0 amide bonds. The molecule has 1 saturated heterocycles. The molecule has 0 aliphatic carbocycles. The van der Waals surface area contributed by atoms with Crippen molar-refractivity contribution in [1.29, 1.82) is 0 Å². The molecule has 2 N–H and O–H groups in total. The number of likely N-dealkylation sites (tertiary alicyclic amines) is 1. The van der Waals surface area contributed by atoms with Gasteiger partial charge >= 0.3 is 0 Å². The maximum absolute atomic E-state index is 12.2. The summed E-state index contributed by atoms with van der Waals surface area (Å²) in [6.07, 6.45) is 2.32. The highest BCUT2D eigenvalue weighted by Gasteiger charge is 2.29. The fourth-order valence-corrected chi connectivity index (χ4v) is 5.50. The summed E-state index contributed by atoms with van der Waals surface area (Å²) in [5.74, 6) is 2.61. The van der Waals surface area contributed by atoms with Crippen molar-refractivity contribution in [1.82, 2.24) is 4.90 Å². The number of ether oxygens (including phenoxy) is 4. The summed E-state index contributed by atoms with van der Waals surface area (Å²) in [6, 6.07) is 8.45. The molecule has 0 aromatic heterocycles. The zero-order valence-electron chi connectivity index (χ0n) is 18.8. The number of rotatable bonds is 7. The van der Waals surface area contributed by atoms with Gasteiger partial charge in [-0.1, -0.05) is 11.6 Å². The molecule has 4 rings (SSSR count). The van der Waals surface area contributed by atoms with Gasteiger partial charge in [0.1, 0.15) is 12.7 Å². The Bertz CT molecular complexity index is 1100. The monoisotopic (exact) mass is 496 g/mol. The largest absolute Gasteiger partial charge is 0.493 e. The van der Waals surface area contributed by atoms with E-state index >= 15 is 0 Å². The molecule has 33 heavy (non-hydrogen) atoms. The first-order valence-electron chi connectivity index (χ1n) is 10.9. The van der Waals surface area contributed by atoms with E-state index in [2.05, 4.69) is 4.90 Å². The molecule has 8 nitrogen and oxygen atoms in total.